The van der Waals surface area contributed by atoms with E-state index in [1.54, 1.807) is 13.9 Å². The quantitative estimate of drug-likeness (QED) is 0.482. The first kappa shape index (κ1) is 9.38. The maximum Gasteiger partial charge on any atom is 0.316 e. The van der Waals surface area contributed by atoms with Gasteiger partial charge in [-0.2, -0.15) is 9.97 Å². The molecule has 1 heterocycles. The zero-order valence-electron chi connectivity index (χ0n) is 7.93. The lowest BCUT2D eigenvalue weighted by Gasteiger charge is -2.04. The number of rotatable bonds is 1. The fourth-order valence-electron chi connectivity index (χ4n) is 1.45. The first-order chi connectivity index (χ1) is 7.11. The highest BCUT2D eigenvalue weighted by molar-refractivity contribution is 6.39. The molecule has 0 saturated heterocycles. The molecule has 1 aromatic carbocycles. The third-order valence-corrected chi connectivity index (χ3v) is 2.10. The van der Waals surface area contributed by atoms with Crippen molar-refractivity contribution in [1.29, 1.82) is 0 Å². The number of aromatic hydroxyl groups is 1. The second-order valence-corrected chi connectivity index (χ2v) is 3.16. The molecule has 0 atom stereocenters. The molecular weight excluding hydrogens is 195 g/mol. The average Bonchev–Trinajstić information content (AvgIpc) is 2.19. The summed E-state index contributed by atoms with van der Waals surface area (Å²) in [5.74, 6) is 0.131. The van der Waals surface area contributed by atoms with Crippen LogP contribution < -0.4 is 11.2 Å². The number of benzene rings is 1. The number of aromatic nitrogens is 2. The van der Waals surface area contributed by atoms with Crippen molar-refractivity contribution in [3.63, 3.8) is 0 Å². The molecule has 0 aliphatic heterocycles. The van der Waals surface area contributed by atoms with Gasteiger partial charge in [0.2, 0.25) is 0 Å². The van der Waals surface area contributed by atoms with Crippen LogP contribution in [0.15, 0.2) is 17.3 Å². The first-order valence-electron chi connectivity index (χ1n) is 4.22. The fourth-order valence-corrected chi connectivity index (χ4v) is 1.45. The number of hydrogen-bond donors (Lipinski definition) is 2. The van der Waals surface area contributed by atoms with E-state index < -0.39 is 0 Å². The van der Waals surface area contributed by atoms with Crippen molar-refractivity contribution in [3.05, 3.63) is 17.0 Å². The third kappa shape index (κ3) is 1.47. The van der Waals surface area contributed by atoms with Gasteiger partial charge in [-0.25, -0.2) is 0 Å². The van der Waals surface area contributed by atoms with E-state index in [0.717, 1.165) is 0 Å². The first-order valence-corrected chi connectivity index (χ1v) is 4.22. The summed E-state index contributed by atoms with van der Waals surface area (Å²) in [4.78, 5) is 17.8. The monoisotopic (exact) mass is 202 g/mol. The molecule has 0 aliphatic rings. The van der Waals surface area contributed by atoms with Gasteiger partial charge in [-0.05, 0) is 17.3 Å². The van der Waals surface area contributed by atoms with Crippen LogP contribution in [-0.4, -0.2) is 22.9 Å². The molecule has 0 aliphatic carbocycles. The van der Waals surface area contributed by atoms with E-state index in [1.165, 1.54) is 6.07 Å². The van der Waals surface area contributed by atoms with Gasteiger partial charge < -0.3 is 10.8 Å². The van der Waals surface area contributed by atoms with Gasteiger partial charge in [0.25, 0.3) is 0 Å². The predicted octanol–water partition coefficient (Wildman–Crippen LogP) is -0.426. The molecule has 0 radical (unpaired) electrons. The second kappa shape index (κ2) is 3.20. The van der Waals surface area contributed by atoms with E-state index in [-0.39, 0.29) is 17.5 Å². The molecule has 74 valence electrons. The number of nitrogen functional groups attached to an aromatic ring is 1. The molecule has 0 unspecified atom stereocenters. The fraction of sp³-hybridized carbons (Fsp3) is 0. The summed E-state index contributed by atoms with van der Waals surface area (Å²) in [6, 6.07) is 2.68. The van der Waals surface area contributed by atoms with E-state index in [9.17, 15) is 10.0 Å². The molecule has 0 amide bonds. The second-order valence-electron chi connectivity index (χ2n) is 3.16. The summed E-state index contributed by atoms with van der Waals surface area (Å²) in [7, 11) is 1.75. The molecule has 0 bridgehead atoms. The Hall–Kier alpha value is -2.18. The van der Waals surface area contributed by atoms with Crippen LogP contribution in [0.3, 0.4) is 0 Å². The Bertz CT molecular complexity index is 558. The smallest absolute Gasteiger partial charge is 0.316 e. The van der Waals surface area contributed by atoms with Crippen LogP contribution in [0.5, 0.6) is 6.01 Å². The van der Waals surface area contributed by atoms with E-state index in [1.807, 2.05) is 0 Å². The van der Waals surface area contributed by atoms with Crippen LogP contribution in [-0.2, 0) is 0 Å². The highest BCUT2D eigenvalue weighted by Gasteiger charge is 2.08. The molecule has 15 heavy (non-hydrogen) atoms. The summed E-state index contributed by atoms with van der Waals surface area (Å²) in [6.07, 6.45) is 0. The van der Waals surface area contributed by atoms with E-state index in [2.05, 4.69) is 15.1 Å². The number of nitroso groups, excluding NO2 is 1. The lowest BCUT2D eigenvalue weighted by molar-refractivity contribution is 0.434. The van der Waals surface area contributed by atoms with Gasteiger partial charge in [-0.15, -0.1) is 4.91 Å². The number of anilines is 1. The summed E-state index contributed by atoms with van der Waals surface area (Å²) in [5, 5.41) is 12.5. The highest BCUT2D eigenvalue weighted by atomic mass is 16.3. The van der Waals surface area contributed by atoms with E-state index in [0.29, 0.717) is 16.4 Å². The van der Waals surface area contributed by atoms with Crippen molar-refractivity contribution < 1.29 is 5.11 Å². The molecule has 3 N–H and O–H groups in total. The van der Waals surface area contributed by atoms with Crippen molar-refractivity contribution in [2.75, 3.05) is 5.73 Å². The van der Waals surface area contributed by atoms with Gasteiger partial charge in [-0.3, -0.25) is 0 Å². The summed E-state index contributed by atoms with van der Waals surface area (Å²) >= 11 is 0. The maximum absolute atomic E-state index is 10.4. The van der Waals surface area contributed by atoms with Crippen LogP contribution in [0, 0.1) is 4.91 Å². The van der Waals surface area contributed by atoms with Crippen LogP contribution >= 0.6 is 0 Å². The minimum Gasteiger partial charge on any atom is -0.479 e. The zero-order valence-corrected chi connectivity index (χ0v) is 7.93. The summed E-state index contributed by atoms with van der Waals surface area (Å²) < 4.78 is 0. The van der Waals surface area contributed by atoms with Crippen LogP contribution in [0.25, 0.3) is 10.9 Å². The van der Waals surface area contributed by atoms with Crippen LogP contribution in [0.2, 0.25) is 0 Å². The predicted molar refractivity (Wildman–Crippen MR) is 59.2 cm³/mol. The number of nitrogens with zero attached hydrogens (tertiary/aromatic N) is 3. The van der Waals surface area contributed by atoms with Crippen LogP contribution in [0.4, 0.5) is 11.5 Å². The Morgan fingerprint density at radius 1 is 1.40 bits per heavy atom. The van der Waals surface area contributed by atoms with Crippen LogP contribution in [0.1, 0.15) is 0 Å². The normalized spacial score (nSPS) is 10.4. The van der Waals surface area contributed by atoms with Gasteiger partial charge >= 0.3 is 6.01 Å². The lowest BCUT2D eigenvalue weighted by Crippen LogP contribution is -2.07. The summed E-state index contributed by atoms with van der Waals surface area (Å²) in [6.45, 7) is 0. The number of hydrogen-bond acceptors (Lipinski definition) is 6. The van der Waals surface area contributed by atoms with Gasteiger partial charge in [0.1, 0.15) is 19.4 Å². The Balaban J connectivity index is 2.91. The zero-order chi connectivity index (χ0) is 11.0. The van der Waals surface area contributed by atoms with Gasteiger partial charge in [0, 0.05) is 5.39 Å². The molecule has 0 spiro atoms. The van der Waals surface area contributed by atoms with Gasteiger partial charge in [0.15, 0.2) is 0 Å². The molecule has 2 aromatic rings. The van der Waals surface area contributed by atoms with Crippen molar-refractivity contribution in [1.82, 2.24) is 9.97 Å². The molecule has 0 fully saturated rings. The molecular formula is C8H7BN4O2. The molecule has 6 nitrogen and oxygen atoms in total. The molecule has 0 saturated carbocycles. The van der Waals surface area contributed by atoms with E-state index >= 15 is 0 Å². The minimum absolute atomic E-state index is 0.131. The number of fused-ring (bicyclic) bond motifs is 1. The minimum atomic E-state index is -0.380. The van der Waals surface area contributed by atoms with Crippen molar-refractivity contribution >= 4 is 35.7 Å². The Morgan fingerprint density at radius 3 is 2.80 bits per heavy atom. The Kier molecular flexibility index (Phi) is 2.00. The highest BCUT2D eigenvalue weighted by Crippen LogP contribution is 2.23. The third-order valence-electron chi connectivity index (χ3n) is 2.10. The van der Waals surface area contributed by atoms with Gasteiger partial charge in [0.05, 0.1) is 5.52 Å². The van der Waals surface area contributed by atoms with Crippen molar-refractivity contribution in [2.24, 2.45) is 5.18 Å². The average molecular weight is 202 g/mol. The largest absolute Gasteiger partial charge is 0.479 e. The Morgan fingerprint density at radius 2 is 2.13 bits per heavy atom. The molecule has 2 rings (SSSR count). The SMILES string of the molecule is Bc1cc(N=O)cc2c(N)nc(O)nc12. The van der Waals surface area contributed by atoms with E-state index in [4.69, 9.17) is 5.73 Å². The maximum atomic E-state index is 10.4. The van der Waals surface area contributed by atoms with Crippen molar-refractivity contribution in [3.8, 4) is 6.01 Å². The number of nitrogens with two attached hydrogens (primary N) is 1. The topological polar surface area (TPSA) is 101 Å². The Labute approximate surface area is 85.5 Å². The molecule has 1 aromatic heterocycles. The lowest BCUT2D eigenvalue weighted by atomic mass is 9.92. The standard InChI is InChI=1S/C8H7BN4O2/c9-5-2-3(13-15)1-4-6(5)11-8(14)12-7(4)10/h1-2H,9H2,(H3,10,11,12,14). The van der Waals surface area contributed by atoms with Gasteiger partial charge in [-0.1, -0.05) is 5.46 Å². The molecule has 7 heteroatoms. The summed E-state index contributed by atoms with van der Waals surface area (Å²) in [5.41, 5.74) is 7.09. The van der Waals surface area contributed by atoms with Crippen molar-refractivity contribution in [2.45, 2.75) is 0 Å².